The summed E-state index contributed by atoms with van der Waals surface area (Å²) in [6.45, 7) is 27.1. The molecule has 8 N–H and O–H groups in total. The first-order chi connectivity index (χ1) is 57.0. The van der Waals surface area contributed by atoms with Gasteiger partial charge in [-0.3, -0.25) is 23.5 Å². The zero-order valence-electron chi connectivity index (χ0n) is 71.2. The van der Waals surface area contributed by atoms with Crippen molar-refractivity contribution in [2.24, 2.45) is 11.8 Å². The lowest BCUT2D eigenvalue weighted by Gasteiger charge is -2.28. The van der Waals surface area contributed by atoms with E-state index in [0.29, 0.717) is 76.9 Å². The summed E-state index contributed by atoms with van der Waals surface area (Å²) >= 11 is 1.65. The van der Waals surface area contributed by atoms with Crippen LogP contribution in [0.4, 0.5) is 11.4 Å². The van der Waals surface area contributed by atoms with Gasteiger partial charge in [-0.2, -0.15) is 21.4 Å². The topological polar surface area (TPSA) is 259 Å². The molecule has 1 saturated heterocycles. The Morgan fingerprint density at radius 2 is 1.39 bits per heavy atom. The smallest absolute Gasteiger partial charge is 0.264 e. The van der Waals surface area contributed by atoms with E-state index in [-0.39, 0.29) is 53.5 Å². The summed E-state index contributed by atoms with van der Waals surface area (Å²) in [7, 11) is -8.28. The minimum Gasteiger partial charge on any atom is -0.374 e. The summed E-state index contributed by atoms with van der Waals surface area (Å²) in [4.78, 5) is 58.1. The number of ether oxygens (including phenoxy) is 1. The van der Waals surface area contributed by atoms with Crippen molar-refractivity contribution in [3.05, 3.63) is 238 Å². The number of ketones is 1. The van der Waals surface area contributed by atoms with Crippen LogP contribution in [0.25, 0.3) is 45.3 Å². The van der Waals surface area contributed by atoms with Crippen molar-refractivity contribution in [1.82, 2.24) is 30.9 Å². The molecule has 0 radical (unpaired) electrons. The summed E-state index contributed by atoms with van der Waals surface area (Å²) in [6, 6.07) is 33.4. The van der Waals surface area contributed by atoms with Gasteiger partial charge in [-0.1, -0.05) is 151 Å². The molecule has 14 rings (SSSR count). The molecule has 1 unspecified atom stereocenters. The van der Waals surface area contributed by atoms with E-state index < -0.39 is 31.1 Å². The van der Waals surface area contributed by atoms with Crippen LogP contribution >= 0.6 is 11.8 Å². The highest BCUT2D eigenvalue weighted by atomic mass is 32.2. The molecule has 628 valence electrons. The molecule has 8 aromatic rings. The Labute approximate surface area is 707 Å². The first-order valence-electron chi connectivity index (χ1n) is 43.3. The number of fused-ring (bicyclic) bond motifs is 13. The lowest BCUT2D eigenvalue weighted by Crippen LogP contribution is -2.28. The summed E-state index contributed by atoms with van der Waals surface area (Å²) in [5.41, 5.74) is 21.8. The van der Waals surface area contributed by atoms with E-state index in [1.54, 1.807) is 11.8 Å². The van der Waals surface area contributed by atoms with Crippen LogP contribution in [0.5, 0.6) is 0 Å². The number of hydrogen-bond donors (Lipinski definition) is 8. The third kappa shape index (κ3) is 18.6. The second kappa shape index (κ2) is 36.5. The molecule has 119 heavy (non-hydrogen) atoms. The molecule has 2 amide bonds. The molecule has 6 aliphatic rings. The first-order valence-corrected chi connectivity index (χ1v) is 47.3. The van der Waals surface area contributed by atoms with Gasteiger partial charge in [-0.15, -0.1) is 0 Å². The number of carbonyl (C=O) groups is 3. The number of unbranched alkanes of at least 4 members (excludes halogenated alkanes) is 8. The average Bonchev–Trinajstić information content (AvgIpc) is 1.47. The Morgan fingerprint density at radius 1 is 0.706 bits per heavy atom. The van der Waals surface area contributed by atoms with Crippen LogP contribution in [0.15, 0.2) is 159 Å². The largest absolute Gasteiger partial charge is 0.374 e. The fourth-order valence-electron chi connectivity index (χ4n) is 19.4. The van der Waals surface area contributed by atoms with Gasteiger partial charge < -0.3 is 40.5 Å². The zero-order valence-corrected chi connectivity index (χ0v) is 73.6. The fourth-order valence-corrected chi connectivity index (χ4v) is 21.8. The SMILES string of the molecule is CCCCCCOC(C)c1c2[nH]c(c1C)C=C1NC(=C3CC(=O)c4c3[nH]c(c4C)C=c3[nH]c(c(C)c3CC)=C2)[C@@H](CCC(=O)NCCCCCCNC(=O)c2cccc(SC3=C(/C=C/C4=[N+](CCCCS(=O)(=O)O)c5ccc6ccccc6c5C4(C)C)CCC/C3=C\C=C3\N(CCCCS(=O)(=O)O)c4ccc5ccccc5c4C3(C)C)c2)[C@@H]1C. The zero-order chi connectivity index (χ0) is 84.2. The number of thioether (sulfide) groups is 1. The third-order valence-corrected chi connectivity index (χ3v) is 28.6. The van der Waals surface area contributed by atoms with Crippen molar-refractivity contribution in [1.29, 1.82) is 0 Å². The monoisotopic (exact) mass is 1660 g/mol. The summed E-state index contributed by atoms with van der Waals surface area (Å²) < 4.78 is 76.2. The van der Waals surface area contributed by atoms with E-state index in [1.807, 2.05) is 25.1 Å². The number of allylic oxidation sites excluding steroid dienone is 10. The Morgan fingerprint density at radius 3 is 2.13 bits per heavy atom. The predicted octanol–water partition coefficient (Wildman–Crippen LogP) is 19.3. The minimum atomic E-state index is -4.14. The van der Waals surface area contributed by atoms with E-state index >= 15 is 0 Å². The second-order valence-electron chi connectivity index (χ2n) is 34.5. The molecule has 3 atom stereocenters. The van der Waals surface area contributed by atoms with Crippen LogP contribution < -0.4 is 31.5 Å². The fraction of sp³-hybridized carbons (Fsp3) is 0.429. The van der Waals surface area contributed by atoms with Crippen molar-refractivity contribution in [3.8, 4) is 0 Å². The van der Waals surface area contributed by atoms with Crippen molar-refractivity contribution < 1.29 is 49.6 Å². The van der Waals surface area contributed by atoms with Gasteiger partial charge in [-0.05, 0) is 227 Å². The van der Waals surface area contributed by atoms with E-state index in [9.17, 15) is 40.3 Å². The number of hydrogen-bond acceptors (Lipinski definition) is 11. The number of rotatable bonds is 34. The highest BCUT2D eigenvalue weighted by molar-refractivity contribution is 8.03. The molecule has 5 aromatic carbocycles. The Kier molecular flexibility index (Phi) is 26.4. The Balaban J connectivity index is 0.662. The van der Waals surface area contributed by atoms with Crippen LogP contribution in [-0.2, 0) is 47.0 Å². The molecule has 18 nitrogen and oxygen atoms in total. The summed E-state index contributed by atoms with van der Waals surface area (Å²) in [5.74, 6) is -0.737. The van der Waals surface area contributed by atoms with Crippen LogP contribution in [0, 0.1) is 32.6 Å². The number of amides is 2. The number of carbonyl (C=O) groups excluding carboxylic acids is 3. The molecule has 4 aliphatic heterocycles. The number of nitrogens with one attached hydrogen (secondary N) is 6. The molecule has 7 heterocycles. The number of aromatic amines is 3. The lowest BCUT2D eigenvalue weighted by molar-refractivity contribution is -0.438. The lowest BCUT2D eigenvalue weighted by atomic mass is 9.78. The van der Waals surface area contributed by atoms with Gasteiger partial charge >= 0.3 is 0 Å². The molecular weight excluding hydrogens is 1550 g/mol. The summed E-state index contributed by atoms with van der Waals surface area (Å²) in [5, 5.41) is 17.0. The summed E-state index contributed by atoms with van der Waals surface area (Å²) in [6.07, 6.45) is 29.5. The van der Waals surface area contributed by atoms with Crippen molar-refractivity contribution in [3.63, 3.8) is 0 Å². The van der Waals surface area contributed by atoms with E-state index in [2.05, 4.69) is 231 Å². The molecule has 0 saturated carbocycles. The number of Topliss-reactive ketones (excluding diaryl/α,β-unsaturated/α-hetero) is 1. The number of nitrogens with zero attached hydrogens (tertiary/aromatic N) is 2. The predicted molar refractivity (Wildman–Crippen MR) is 484 cm³/mol. The number of H-pyrrole nitrogens is 3. The molecule has 1 fully saturated rings. The third-order valence-electron chi connectivity index (χ3n) is 25.7. The van der Waals surface area contributed by atoms with E-state index in [0.717, 1.165) is 202 Å². The normalized spacial score (nSPS) is 18.4. The Bertz CT molecular complexity index is 5900. The van der Waals surface area contributed by atoms with Gasteiger partial charge in [0.2, 0.25) is 11.6 Å². The van der Waals surface area contributed by atoms with Gasteiger partial charge in [0.05, 0.1) is 28.7 Å². The standard InChI is InChI=1S/C98H118N8O10S3/c1-12-14-15-26-53-116-65(7)89-63(5)79-58-78-62(4)73(93(103-78)76-57-85(107)90-64(6)80(104-94(76)90)59-81-72(13-2)61(3)77(101-81)60-82(89)102-79)43-48-88(108)99-49-22-16-17-23-50-100-96(109)70-35-30-36-71(56-70)117-95-68(41-46-86-97(8,9)91-74-37-20-18-31-66(74)39-44-83(91)105(86)51-24-27-54-118(110,111)112)33-29-34-69(95)42-47-87-98(10,11)92-75-38-21-19-32-67(75)40-45-84(92)106(87)52-25-28-55-119(113,114)115/h18-21,30-32,35-42,44-47,56,58-60,62,65,73,101-102H,12-17,22-29,33-34,43,48-55,57H2,1-11H3,(H5-,99,100,103,104,107,108,109,110,111,112,113,114,115)/p+1/t62-,65?,73-/m0/s1. The van der Waals surface area contributed by atoms with Crippen molar-refractivity contribution in [2.45, 2.75) is 220 Å². The second-order valence-corrected chi connectivity index (χ2v) is 38.8. The van der Waals surface area contributed by atoms with Crippen LogP contribution in [0.3, 0.4) is 0 Å². The van der Waals surface area contributed by atoms with Crippen molar-refractivity contribution >= 4 is 112 Å². The van der Waals surface area contributed by atoms with Gasteiger partial charge in [0, 0.05) is 163 Å². The minimum absolute atomic E-state index is 0.00527. The average molecular weight is 1670 g/mol. The maximum Gasteiger partial charge on any atom is 0.264 e. The Hall–Kier alpha value is -9.35. The maximum absolute atomic E-state index is 14.2. The number of aromatic nitrogens is 3. The van der Waals surface area contributed by atoms with Crippen LogP contribution in [0.1, 0.15) is 260 Å². The number of anilines is 1. The van der Waals surface area contributed by atoms with E-state index in [1.165, 1.54) is 35.1 Å². The first kappa shape index (κ1) is 86.0. The molecular formula is C98H119N8O10S3+. The van der Waals surface area contributed by atoms with E-state index in [4.69, 9.17) is 4.74 Å². The molecule has 8 bridgehead atoms. The van der Waals surface area contributed by atoms with Gasteiger partial charge in [-0.25, -0.2) is 0 Å². The molecule has 3 aromatic heterocycles. The highest BCUT2D eigenvalue weighted by Crippen LogP contribution is 2.53. The molecule has 2 aliphatic carbocycles. The van der Waals surface area contributed by atoms with Crippen molar-refractivity contribution in [2.75, 3.05) is 49.2 Å². The highest BCUT2D eigenvalue weighted by Gasteiger charge is 2.47. The van der Waals surface area contributed by atoms with Gasteiger partial charge in [0.15, 0.2) is 11.5 Å². The number of benzene rings is 5. The molecule has 21 heteroatoms. The van der Waals surface area contributed by atoms with Crippen LogP contribution in [-0.4, -0.2) is 113 Å². The van der Waals surface area contributed by atoms with Crippen LogP contribution in [0.2, 0.25) is 0 Å². The molecule has 0 spiro atoms. The quantitative estimate of drug-likeness (QED) is 0.0106. The van der Waals surface area contributed by atoms with Gasteiger partial charge in [0.1, 0.15) is 6.54 Å². The van der Waals surface area contributed by atoms with Gasteiger partial charge in [0.25, 0.3) is 26.1 Å². The maximum atomic E-state index is 14.2.